The molecule has 5 nitrogen and oxygen atoms in total. The van der Waals surface area contributed by atoms with Gasteiger partial charge in [0.05, 0.1) is 12.7 Å². The zero-order valence-electron chi connectivity index (χ0n) is 21.0. The van der Waals surface area contributed by atoms with Crippen LogP contribution in [-0.2, 0) is 4.74 Å². The molecule has 5 rings (SSSR count). The van der Waals surface area contributed by atoms with Crippen molar-refractivity contribution in [2.75, 3.05) is 12.4 Å². The van der Waals surface area contributed by atoms with Crippen molar-refractivity contribution in [3.05, 3.63) is 59.9 Å². The van der Waals surface area contributed by atoms with Crippen molar-refractivity contribution >= 4 is 22.7 Å². The number of methoxy groups -OCH3 is 1. The number of aromatic nitrogens is 2. The van der Waals surface area contributed by atoms with Gasteiger partial charge in [0.15, 0.2) is 11.0 Å². The third-order valence-electron chi connectivity index (χ3n) is 7.97. The highest BCUT2D eigenvalue weighted by Crippen LogP contribution is 2.35. The fraction of sp³-hybridized carbons (Fsp3) is 0.517. The van der Waals surface area contributed by atoms with E-state index in [0.29, 0.717) is 17.6 Å². The van der Waals surface area contributed by atoms with Gasteiger partial charge in [-0.3, -0.25) is 0 Å². The third kappa shape index (κ3) is 5.37. The quantitative estimate of drug-likeness (QED) is 0.273. The average Bonchev–Trinajstić information content (AvgIpc) is 3.30. The Kier molecular flexibility index (Phi) is 8.73. The summed E-state index contributed by atoms with van der Waals surface area (Å²) in [5, 5.41) is 3.84. The van der Waals surface area contributed by atoms with Gasteiger partial charge in [0.1, 0.15) is 17.8 Å². The molecule has 1 N–H and O–H groups in total. The van der Waals surface area contributed by atoms with Crippen LogP contribution in [0.15, 0.2) is 48.8 Å². The number of hydrogen-bond acceptors (Lipinski definition) is 3. The number of nitrogens with zero attached hydrogens (tertiary/aromatic N) is 2. The minimum atomic E-state index is -0.265. The van der Waals surface area contributed by atoms with E-state index in [-0.39, 0.29) is 36.0 Å². The van der Waals surface area contributed by atoms with Gasteiger partial charge in [0.25, 0.3) is 0 Å². The van der Waals surface area contributed by atoms with E-state index in [2.05, 4.69) is 64.1 Å². The number of nitrogens with one attached hydrogen (secondary N) is 1. The minimum absolute atomic E-state index is 0. The molecule has 2 saturated carbocycles. The number of imidazole rings is 1. The molecule has 0 bridgehead atoms. The molecule has 2 aliphatic carbocycles. The maximum Gasteiger partial charge on any atom is 0.340 e. The van der Waals surface area contributed by atoms with E-state index in [1.54, 1.807) is 0 Å². The van der Waals surface area contributed by atoms with Crippen molar-refractivity contribution in [2.45, 2.75) is 89.3 Å². The van der Waals surface area contributed by atoms with Gasteiger partial charge < -0.3 is 34.0 Å². The highest BCUT2D eigenvalue weighted by Gasteiger charge is 2.32. The van der Waals surface area contributed by atoms with Crippen LogP contribution in [0.25, 0.3) is 11.0 Å². The van der Waals surface area contributed by atoms with Crippen LogP contribution >= 0.6 is 0 Å². The Bertz CT molecular complexity index is 1130. The average molecular weight is 588 g/mol. The number of halogens is 1. The fourth-order valence-corrected chi connectivity index (χ4v) is 6.02. The van der Waals surface area contributed by atoms with Crippen LogP contribution in [0.5, 0.6) is 0 Å². The first-order chi connectivity index (χ1) is 16.7. The largest absolute Gasteiger partial charge is 1.00 e. The Morgan fingerprint density at radius 3 is 2.29 bits per heavy atom. The molecule has 0 spiro atoms. The zero-order valence-corrected chi connectivity index (χ0v) is 23.2. The van der Waals surface area contributed by atoms with E-state index in [0.717, 1.165) is 24.0 Å². The molecule has 2 fully saturated rings. The molecule has 2 aliphatic rings. The monoisotopic (exact) mass is 587 g/mol. The van der Waals surface area contributed by atoms with Crippen molar-refractivity contribution in [3.8, 4) is 0 Å². The Morgan fingerprint density at radius 2 is 1.63 bits per heavy atom. The molecular formula is C29H38IN3O2. The number of carbonyl (C=O) groups is 1. The van der Waals surface area contributed by atoms with Crippen LogP contribution in [0.1, 0.15) is 99.1 Å². The van der Waals surface area contributed by atoms with Gasteiger partial charge in [-0.25, -0.2) is 13.9 Å². The van der Waals surface area contributed by atoms with Gasteiger partial charge in [-0.1, -0.05) is 56.0 Å². The molecular weight excluding hydrogens is 549 g/mol. The van der Waals surface area contributed by atoms with Crippen molar-refractivity contribution < 1.29 is 38.1 Å². The molecule has 0 amide bonds. The molecule has 0 unspecified atom stereocenters. The topological polar surface area (TPSA) is 47.1 Å². The molecule has 0 saturated heterocycles. The lowest BCUT2D eigenvalue weighted by Crippen LogP contribution is -3.00. The summed E-state index contributed by atoms with van der Waals surface area (Å²) in [7, 11) is 1.48. The number of benzene rings is 2. The second kappa shape index (κ2) is 11.8. The van der Waals surface area contributed by atoms with Crippen molar-refractivity contribution in [2.24, 2.45) is 0 Å². The summed E-state index contributed by atoms with van der Waals surface area (Å²) in [6, 6.07) is 15.8. The lowest BCUT2D eigenvalue weighted by Gasteiger charge is -2.25. The lowest BCUT2D eigenvalue weighted by molar-refractivity contribution is -0.701. The van der Waals surface area contributed by atoms with E-state index in [1.807, 2.05) is 6.07 Å². The summed E-state index contributed by atoms with van der Waals surface area (Å²) in [5.74, 6) is -0.265. The first kappa shape index (κ1) is 26.0. The fourth-order valence-electron chi connectivity index (χ4n) is 6.02. The number of ether oxygens (including phenoxy) is 1. The van der Waals surface area contributed by atoms with Gasteiger partial charge in [0, 0.05) is 6.04 Å². The van der Waals surface area contributed by atoms with E-state index >= 15 is 0 Å². The van der Waals surface area contributed by atoms with Gasteiger partial charge in [-0.15, -0.1) is 0 Å². The van der Waals surface area contributed by atoms with Crippen LogP contribution in [0.4, 0.5) is 5.69 Å². The predicted octanol–water partition coefficient (Wildman–Crippen LogP) is 3.58. The molecule has 2 aromatic carbocycles. The van der Waals surface area contributed by atoms with Crippen LogP contribution in [0.2, 0.25) is 0 Å². The van der Waals surface area contributed by atoms with E-state index in [4.69, 9.17) is 4.74 Å². The summed E-state index contributed by atoms with van der Waals surface area (Å²) in [6.07, 6.45) is 14.6. The Labute approximate surface area is 226 Å². The summed E-state index contributed by atoms with van der Waals surface area (Å²) in [4.78, 5) is 12.9. The molecule has 0 aliphatic heterocycles. The highest BCUT2D eigenvalue weighted by molar-refractivity contribution is 6.03. The molecule has 0 radical (unpaired) electrons. The normalized spacial score (nSPS) is 18.1. The number of esters is 1. The van der Waals surface area contributed by atoms with Gasteiger partial charge >= 0.3 is 5.97 Å². The maximum absolute atomic E-state index is 12.9. The minimum Gasteiger partial charge on any atom is -1.00 e. The number of anilines is 1. The Hall–Kier alpha value is -2.09. The third-order valence-corrected chi connectivity index (χ3v) is 7.97. The standard InChI is InChI=1S/C29H37N3O2.HI/c1-21(22-12-6-3-7-13-22)31-20-32(24-16-10-5-11-17-24)28-26(31)19-18-25(29(33)34-2)27(28)30-23-14-8-4-9-15-23;/h3,6-7,12-13,18-21,23-24H,4-5,8-11,14-17H2,1-2H3;1H/t21-;/m0./s1. The van der Waals surface area contributed by atoms with Gasteiger partial charge in [-0.05, 0) is 63.1 Å². The van der Waals surface area contributed by atoms with E-state index in [1.165, 1.54) is 69.6 Å². The SMILES string of the molecule is COC(=O)c1ccc2c(c1NC1CCCCC1)[n+](C1CCCCC1)cn2[C@@H](C)c1ccccc1.[I-]. The molecule has 1 aromatic heterocycles. The number of carbonyl (C=O) groups excluding carboxylic acids is 1. The van der Waals surface area contributed by atoms with Crippen molar-refractivity contribution in [1.82, 2.24) is 4.57 Å². The first-order valence-corrected chi connectivity index (χ1v) is 13.2. The van der Waals surface area contributed by atoms with Crippen LogP contribution in [-0.4, -0.2) is 23.7 Å². The first-order valence-electron chi connectivity index (χ1n) is 13.2. The molecule has 35 heavy (non-hydrogen) atoms. The van der Waals surface area contributed by atoms with Crippen molar-refractivity contribution in [3.63, 3.8) is 0 Å². The summed E-state index contributed by atoms with van der Waals surface area (Å²) in [6.45, 7) is 2.27. The predicted molar refractivity (Wildman–Crippen MR) is 136 cm³/mol. The van der Waals surface area contributed by atoms with Crippen LogP contribution in [0.3, 0.4) is 0 Å². The Morgan fingerprint density at radius 1 is 0.971 bits per heavy atom. The maximum atomic E-state index is 12.9. The smallest absolute Gasteiger partial charge is 0.340 e. The molecule has 6 heteroatoms. The number of rotatable bonds is 6. The second-order valence-corrected chi connectivity index (χ2v) is 10.1. The summed E-state index contributed by atoms with van der Waals surface area (Å²) in [5.41, 5.74) is 5.22. The van der Waals surface area contributed by atoms with Crippen LogP contribution in [0, 0.1) is 0 Å². The summed E-state index contributed by atoms with van der Waals surface area (Å²) >= 11 is 0. The second-order valence-electron chi connectivity index (χ2n) is 10.1. The summed E-state index contributed by atoms with van der Waals surface area (Å²) < 4.78 is 10.1. The molecule has 3 aromatic rings. The number of hydrogen-bond donors (Lipinski definition) is 1. The van der Waals surface area contributed by atoms with Gasteiger partial charge in [-0.2, -0.15) is 0 Å². The van der Waals surface area contributed by atoms with E-state index in [9.17, 15) is 4.79 Å². The van der Waals surface area contributed by atoms with Crippen LogP contribution < -0.4 is 33.9 Å². The van der Waals surface area contributed by atoms with Crippen molar-refractivity contribution in [1.29, 1.82) is 0 Å². The molecule has 1 heterocycles. The van der Waals surface area contributed by atoms with E-state index < -0.39 is 0 Å². The number of fused-ring (bicyclic) bond motifs is 1. The highest BCUT2D eigenvalue weighted by atomic mass is 127. The molecule has 1 atom stereocenters. The Balaban J connectivity index is 0.00000289. The van der Waals surface area contributed by atoms with Gasteiger partial charge in [0.2, 0.25) is 6.33 Å². The lowest BCUT2D eigenvalue weighted by atomic mass is 9.94. The zero-order chi connectivity index (χ0) is 23.5. The molecule has 188 valence electrons.